The van der Waals surface area contributed by atoms with Crippen molar-refractivity contribution in [2.24, 2.45) is 0 Å². The summed E-state index contributed by atoms with van der Waals surface area (Å²) < 4.78 is 1.52. The van der Waals surface area contributed by atoms with Gasteiger partial charge in [-0.25, -0.2) is 9.78 Å². The third kappa shape index (κ3) is 2.86. The van der Waals surface area contributed by atoms with Crippen molar-refractivity contribution < 1.29 is 9.90 Å². The van der Waals surface area contributed by atoms with Crippen LogP contribution in [0.3, 0.4) is 0 Å². The molecule has 3 aromatic rings. The van der Waals surface area contributed by atoms with Crippen molar-refractivity contribution >= 4 is 28.6 Å². The van der Waals surface area contributed by atoms with E-state index in [-0.39, 0.29) is 5.56 Å². The molecular formula is C20H18ClN3O3. The molecule has 0 radical (unpaired) electrons. The molecule has 7 heteroatoms. The lowest BCUT2D eigenvalue weighted by Crippen LogP contribution is -2.34. The Balaban J connectivity index is 2.08. The maximum absolute atomic E-state index is 13.4. The van der Waals surface area contributed by atoms with E-state index in [4.69, 9.17) is 16.6 Å². The first-order valence-corrected chi connectivity index (χ1v) is 9.13. The summed E-state index contributed by atoms with van der Waals surface area (Å²) in [5.41, 5.74) is 1.77. The average molecular weight is 384 g/mol. The van der Waals surface area contributed by atoms with E-state index in [0.717, 1.165) is 12.0 Å². The molecule has 1 fully saturated rings. The van der Waals surface area contributed by atoms with Crippen LogP contribution in [0, 0.1) is 6.92 Å². The van der Waals surface area contributed by atoms with Gasteiger partial charge in [0.2, 0.25) is 0 Å². The van der Waals surface area contributed by atoms with Gasteiger partial charge in [-0.1, -0.05) is 35.9 Å². The minimum absolute atomic E-state index is 0.285. The quantitative estimate of drug-likeness (QED) is 0.720. The lowest BCUT2D eigenvalue weighted by atomic mass is 10.1. The molecule has 1 atom stereocenters. The highest BCUT2D eigenvalue weighted by molar-refractivity contribution is 6.35. The Morgan fingerprint density at radius 3 is 2.74 bits per heavy atom. The number of carboxylic acid groups (broad SMARTS) is 1. The van der Waals surface area contributed by atoms with E-state index in [1.165, 1.54) is 9.47 Å². The van der Waals surface area contributed by atoms with Crippen molar-refractivity contribution in [3.63, 3.8) is 0 Å². The lowest BCUT2D eigenvalue weighted by molar-refractivity contribution is 0.138. The SMILES string of the molecule is Cc1ccccc1-n1c(C2CCCN2C(=O)O)nc2cccc(Cl)c2c1=O. The normalized spacial score (nSPS) is 16.8. The van der Waals surface area contributed by atoms with Crippen LogP contribution in [0.15, 0.2) is 47.3 Å². The number of rotatable bonds is 2. The van der Waals surface area contributed by atoms with Gasteiger partial charge in [0, 0.05) is 6.54 Å². The van der Waals surface area contributed by atoms with Crippen molar-refractivity contribution in [2.45, 2.75) is 25.8 Å². The van der Waals surface area contributed by atoms with Crippen molar-refractivity contribution in [3.8, 4) is 5.69 Å². The predicted molar refractivity (Wildman–Crippen MR) is 104 cm³/mol. The highest BCUT2D eigenvalue weighted by Crippen LogP contribution is 2.33. The molecule has 1 aromatic heterocycles. The number of carbonyl (C=O) groups is 1. The molecule has 6 nitrogen and oxygen atoms in total. The summed E-state index contributed by atoms with van der Waals surface area (Å²) >= 11 is 6.29. The largest absolute Gasteiger partial charge is 0.465 e. The first-order chi connectivity index (χ1) is 13.0. The van der Waals surface area contributed by atoms with Gasteiger partial charge in [-0.3, -0.25) is 14.3 Å². The van der Waals surface area contributed by atoms with E-state index in [2.05, 4.69) is 0 Å². The van der Waals surface area contributed by atoms with Crippen LogP contribution in [0.4, 0.5) is 4.79 Å². The molecule has 1 aliphatic heterocycles. The molecule has 0 spiro atoms. The predicted octanol–water partition coefficient (Wildman–Crippen LogP) is 4.16. The smallest absolute Gasteiger partial charge is 0.407 e. The van der Waals surface area contributed by atoms with E-state index in [1.807, 2.05) is 31.2 Å². The van der Waals surface area contributed by atoms with Crippen LogP contribution in [-0.2, 0) is 0 Å². The molecule has 1 amide bonds. The number of benzene rings is 2. The molecule has 1 N–H and O–H groups in total. The van der Waals surface area contributed by atoms with E-state index in [9.17, 15) is 14.7 Å². The molecule has 27 heavy (non-hydrogen) atoms. The fourth-order valence-electron chi connectivity index (χ4n) is 3.74. The Morgan fingerprint density at radius 2 is 2.00 bits per heavy atom. The van der Waals surface area contributed by atoms with Crippen LogP contribution in [0.5, 0.6) is 0 Å². The number of likely N-dealkylation sites (tertiary alicyclic amines) is 1. The van der Waals surface area contributed by atoms with Crippen molar-refractivity contribution in [1.29, 1.82) is 0 Å². The van der Waals surface area contributed by atoms with Crippen LogP contribution < -0.4 is 5.56 Å². The van der Waals surface area contributed by atoms with Crippen molar-refractivity contribution in [1.82, 2.24) is 14.5 Å². The maximum atomic E-state index is 13.4. The number of halogens is 1. The van der Waals surface area contributed by atoms with Crippen LogP contribution in [0.2, 0.25) is 5.02 Å². The van der Waals surface area contributed by atoms with Crippen LogP contribution in [0.1, 0.15) is 30.3 Å². The van der Waals surface area contributed by atoms with E-state index < -0.39 is 12.1 Å². The third-order valence-electron chi connectivity index (χ3n) is 5.03. The Morgan fingerprint density at radius 1 is 1.22 bits per heavy atom. The summed E-state index contributed by atoms with van der Waals surface area (Å²) in [6.07, 6.45) is 0.347. The van der Waals surface area contributed by atoms with Gasteiger partial charge in [0.1, 0.15) is 5.82 Å². The summed E-state index contributed by atoms with van der Waals surface area (Å²) in [6.45, 7) is 2.34. The zero-order valence-corrected chi connectivity index (χ0v) is 15.5. The van der Waals surface area contributed by atoms with Crippen LogP contribution in [0.25, 0.3) is 16.6 Å². The molecule has 0 saturated carbocycles. The highest BCUT2D eigenvalue weighted by atomic mass is 35.5. The monoisotopic (exact) mass is 383 g/mol. The van der Waals surface area contributed by atoms with Gasteiger partial charge in [-0.05, 0) is 43.5 Å². The first kappa shape index (κ1) is 17.5. The van der Waals surface area contributed by atoms with Gasteiger partial charge >= 0.3 is 6.09 Å². The molecule has 1 saturated heterocycles. The van der Waals surface area contributed by atoms with E-state index in [0.29, 0.717) is 40.4 Å². The third-order valence-corrected chi connectivity index (χ3v) is 5.34. The first-order valence-electron chi connectivity index (χ1n) is 8.76. The second kappa shape index (κ2) is 6.70. The van der Waals surface area contributed by atoms with Crippen LogP contribution in [-0.4, -0.2) is 32.2 Å². The Kier molecular flexibility index (Phi) is 4.36. The van der Waals surface area contributed by atoms with Gasteiger partial charge in [-0.15, -0.1) is 0 Å². The fourth-order valence-corrected chi connectivity index (χ4v) is 3.99. The fraction of sp³-hybridized carbons (Fsp3) is 0.250. The molecule has 1 aliphatic rings. The Bertz CT molecular complexity index is 1110. The molecule has 0 bridgehead atoms. The van der Waals surface area contributed by atoms with E-state index in [1.54, 1.807) is 18.2 Å². The average Bonchev–Trinajstić information content (AvgIpc) is 3.12. The van der Waals surface area contributed by atoms with Gasteiger partial charge in [0.15, 0.2) is 0 Å². The van der Waals surface area contributed by atoms with Crippen molar-refractivity contribution in [2.75, 3.05) is 6.54 Å². The Hall–Kier alpha value is -2.86. The minimum atomic E-state index is -1.01. The number of para-hydroxylation sites is 1. The van der Waals surface area contributed by atoms with E-state index >= 15 is 0 Å². The zero-order chi connectivity index (χ0) is 19.1. The summed E-state index contributed by atoms with van der Waals surface area (Å²) in [6, 6.07) is 12.1. The summed E-state index contributed by atoms with van der Waals surface area (Å²) in [7, 11) is 0. The number of aromatic nitrogens is 2. The van der Waals surface area contributed by atoms with Gasteiger partial charge < -0.3 is 5.11 Å². The number of hydrogen-bond acceptors (Lipinski definition) is 3. The molecule has 2 aromatic carbocycles. The molecule has 1 unspecified atom stereocenters. The zero-order valence-electron chi connectivity index (χ0n) is 14.7. The lowest BCUT2D eigenvalue weighted by Gasteiger charge is -2.25. The summed E-state index contributed by atoms with van der Waals surface area (Å²) in [5, 5.41) is 10.3. The standard InChI is InChI=1S/C20H18ClN3O3/c1-12-6-2-3-9-15(12)24-18(16-10-5-11-23(16)20(26)27)22-14-8-4-7-13(21)17(14)19(24)25/h2-4,6-9,16H,5,10-11H2,1H3,(H,26,27). The van der Waals surface area contributed by atoms with Crippen LogP contribution >= 0.6 is 11.6 Å². The van der Waals surface area contributed by atoms with Gasteiger partial charge in [0.25, 0.3) is 5.56 Å². The molecule has 4 rings (SSSR count). The molecular weight excluding hydrogens is 366 g/mol. The second-order valence-corrected chi connectivity index (χ2v) is 7.07. The number of amides is 1. The number of fused-ring (bicyclic) bond motifs is 1. The maximum Gasteiger partial charge on any atom is 0.407 e. The molecule has 2 heterocycles. The molecule has 138 valence electrons. The Labute approximate surface area is 160 Å². The van der Waals surface area contributed by atoms with Gasteiger partial charge in [0.05, 0.1) is 27.7 Å². The van der Waals surface area contributed by atoms with Gasteiger partial charge in [-0.2, -0.15) is 0 Å². The van der Waals surface area contributed by atoms with Crippen molar-refractivity contribution in [3.05, 3.63) is 69.2 Å². The highest BCUT2D eigenvalue weighted by Gasteiger charge is 2.34. The summed E-state index contributed by atoms with van der Waals surface area (Å²) in [5.74, 6) is 0.434. The topological polar surface area (TPSA) is 75.4 Å². The number of nitrogens with zero attached hydrogens (tertiary/aromatic N) is 3. The second-order valence-electron chi connectivity index (χ2n) is 6.67. The summed E-state index contributed by atoms with van der Waals surface area (Å²) in [4.78, 5) is 31.2. The minimum Gasteiger partial charge on any atom is -0.465 e. The molecule has 0 aliphatic carbocycles. The number of hydrogen-bond donors (Lipinski definition) is 1. The number of aryl methyl sites for hydroxylation is 1.